The zero-order chi connectivity index (χ0) is 29.3. The molecule has 2 atom stereocenters. The number of methoxy groups -OCH3 is 1. The molecule has 1 aromatic heterocycles. The summed E-state index contributed by atoms with van der Waals surface area (Å²) in [5, 5.41) is 25.2. The van der Waals surface area contributed by atoms with E-state index >= 15 is 0 Å². The molecule has 0 radical (unpaired) electrons. The predicted octanol–water partition coefficient (Wildman–Crippen LogP) is 3.05. The molecule has 0 bridgehead atoms. The van der Waals surface area contributed by atoms with Gasteiger partial charge in [0.2, 0.25) is 5.60 Å². The van der Waals surface area contributed by atoms with Crippen LogP contribution in [0.3, 0.4) is 0 Å². The van der Waals surface area contributed by atoms with Gasteiger partial charge >= 0.3 is 6.18 Å². The number of nitrogens with two attached hydrogens (primary N) is 1. The molecule has 0 spiro atoms. The van der Waals surface area contributed by atoms with Crippen LogP contribution in [-0.2, 0) is 11.1 Å². The van der Waals surface area contributed by atoms with Gasteiger partial charge in [-0.3, -0.25) is 4.79 Å². The van der Waals surface area contributed by atoms with Gasteiger partial charge in [-0.25, -0.2) is 9.37 Å². The molecule has 40 heavy (non-hydrogen) atoms. The summed E-state index contributed by atoms with van der Waals surface area (Å²) in [6.07, 6.45) is -5.27. The van der Waals surface area contributed by atoms with Crippen molar-refractivity contribution in [3.63, 3.8) is 0 Å². The number of ether oxygens (including phenoxy) is 2. The van der Waals surface area contributed by atoms with Gasteiger partial charge in [0, 0.05) is 23.2 Å². The number of fused-ring (bicyclic) bond motifs is 1. The summed E-state index contributed by atoms with van der Waals surface area (Å²) in [4.78, 5) is 17.0. The molecule has 0 aliphatic carbocycles. The van der Waals surface area contributed by atoms with Gasteiger partial charge in [-0.15, -0.1) is 0 Å². The Labute approximate surface area is 226 Å². The Kier molecular flexibility index (Phi) is 7.92. The number of benzene rings is 2. The van der Waals surface area contributed by atoms with E-state index in [9.17, 15) is 27.5 Å². The molecule has 1 aliphatic heterocycles. The molecule has 0 saturated carbocycles. The molecule has 6 N–H and O–H groups in total. The van der Waals surface area contributed by atoms with Crippen LogP contribution in [-0.4, -0.2) is 60.7 Å². The van der Waals surface area contributed by atoms with E-state index in [1.807, 2.05) is 0 Å². The van der Waals surface area contributed by atoms with Gasteiger partial charge in [0.05, 0.1) is 42.9 Å². The van der Waals surface area contributed by atoms with Crippen molar-refractivity contribution in [2.75, 3.05) is 38.7 Å². The third kappa shape index (κ3) is 5.53. The van der Waals surface area contributed by atoms with Crippen molar-refractivity contribution in [1.29, 1.82) is 0 Å². The van der Waals surface area contributed by atoms with Gasteiger partial charge < -0.3 is 36.1 Å². The van der Waals surface area contributed by atoms with Gasteiger partial charge in [-0.2, -0.15) is 13.2 Å². The highest BCUT2D eigenvalue weighted by Gasteiger charge is 2.57. The fraction of sp³-hybridized carbons (Fsp3) is 0.333. The first-order valence-electron chi connectivity index (χ1n) is 12.1. The van der Waals surface area contributed by atoms with Gasteiger partial charge in [0.1, 0.15) is 12.4 Å². The fourth-order valence-corrected chi connectivity index (χ4v) is 4.30. The number of rotatable bonds is 9. The first kappa shape index (κ1) is 29.1. The molecule has 13 heteroatoms. The number of nitrogens with one attached hydrogen (secondary N) is 2. The molecule has 1 aliphatic rings. The number of aliphatic hydroxyl groups is 2. The quantitative estimate of drug-likeness (QED) is 0.250. The lowest BCUT2D eigenvalue weighted by Crippen LogP contribution is -2.51. The van der Waals surface area contributed by atoms with E-state index in [1.54, 1.807) is 6.92 Å². The van der Waals surface area contributed by atoms with Crippen LogP contribution in [0.4, 0.5) is 23.2 Å². The summed E-state index contributed by atoms with van der Waals surface area (Å²) in [6.45, 7) is 0.220. The molecule has 2 heterocycles. The van der Waals surface area contributed by atoms with Gasteiger partial charge in [0.15, 0.2) is 11.5 Å². The van der Waals surface area contributed by atoms with Crippen molar-refractivity contribution in [1.82, 2.24) is 10.3 Å². The van der Waals surface area contributed by atoms with E-state index < -0.39 is 41.3 Å². The van der Waals surface area contributed by atoms with Crippen molar-refractivity contribution < 1.29 is 42.0 Å². The Hall–Kier alpha value is -3.94. The van der Waals surface area contributed by atoms with E-state index in [-0.39, 0.29) is 48.1 Å². The van der Waals surface area contributed by atoms with Crippen LogP contribution in [0, 0.1) is 5.82 Å². The van der Waals surface area contributed by atoms with Crippen molar-refractivity contribution in [3.05, 3.63) is 71.2 Å². The zero-order valence-electron chi connectivity index (χ0n) is 21.6. The van der Waals surface area contributed by atoms with Crippen LogP contribution in [0.5, 0.6) is 11.5 Å². The lowest BCUT2D eigenvalue weighted by Gasteiger charge is -2.31. The standard InChI is InChI=1S/C27H28F4N4O5/c1-25(32)13-33-23-18(25)12-21(35-22(23)15-3-6-17(28)7-4-15)26(38,27(29,30)31)14-34-24(37)16-5-8-19(40-10-9-36)20(11-16)39-2/h3-8,11-12,33,36,38H,9-10,13-14,32H2,1-2H3,(H,34,37)/t25-,26-/m1/s1. The molecule has 9 nitrogen and oxygen atoms in total. The largest absolute Gasteiger partial charge is 0.493 e. The van der Waals surface area contributed by atoms with Crippen molar-refractivity contribution >= 4 is 11.6 Å². The molecule has 1 amide bonds. The number of alkyl halides is 3. The minimum atomic E-state index is -5.27. The summed E-state index contributed by atoms with van der Waals surface area (Å²) in [5.74, 6) is -1.15. The number of carbonyl (C=O) groups excluding carboxylic acids is 1. The lowest BCUT2D eigenvalue weighted by atomic mass is 9.89. The number of pyridine rings is 1. The number of nitrogens with zero attached hydrogens (tertiary/aromatic N) is 1. The van der Waals surface area contributed by atoms with E-state index in [2.05, 4.69) is 15.6 Å². The van der Waals surface area contributed by atoms with E-state index in [1.165, 1.54) is 37.4 Å². The normalized spacial score (nSPS) is 17.9. The molecule has 4 rings (SSSR count). The van der Waals surface area contributed by atoms with Crippen LogP contribution in [0.1, 0.15) is 28.5 Å². The van der Waals surface area contributed by atoms with Crippen LogP contribution < -0.4 is 25.8 Å². The van der Waals surface area contributed by atoms with Crippen LogP contribution in [0.15, 0.2) is 48.5 Å². The monoisotopic (exact) mass is 564 g/mol. The highest BCUT2D eigenvalue weighted by atomic mass is 19.4. The molecule has 0 unspecified atom stereocenters. The third-order valence-electron chi connectivity index (χ3n) is 6.56. The van der Waals surface area contributed by atoms with Crippen LogP contribution in [0.2, 0.25) is 0 Å². The van der Waals surface area contributed by atoms with Gasteiger partial charge in [0.25, 0.3) is 5.91 Å². The number of hydrogen-bond acceptors (Lipinski definition) is 8. The Morgan fingerprint density at radius 1 is 1.18 bits per heavy atom. The topological polar surface area (TPSA) is 139 Å². The minimum Gasteiger partial charge on any atom is -0.493 e. The number of halogens is 4. The van der Waals surface area contributed by atoms with E-state index in [4.69, 9.17) is 20.3 Å². The summed E-state index contributed by atoms with van der Waals surface area (Å²) in [7, 11) is 1.31. The number of hydrogen-bond donors (Lipinski definition) is 5. The third-order valence-corrected chi connectivity index (χ3v) is 6.56. The van der Waals surface area contributed by atoms with Crippen molar-refractivity contribution in [3.8, 4) is 22.8 Å². The molecule has 3 aromatic rings. The second-order valence-corrected chi connectivity index (χ2v) is 9.53. The summed E-state index contributed by atoms with van der Waals surface area (Å²) >= 11 is 0. The summed E-state index contributed by atoms with van der Waals surface area (Å²) < 4.78 is 67.4. The zero-order valence-corrected chi connectivity index (χ0v) is 21.6. The predicted molar refractivity (Wildman–Crippen MR) is 138 cm³/mol. The van der Waals surface area contributed by atoms with E-state index in [0.717, 1.165) is 18.2 Å². The average Bonchev–Trinajstić information content (AvgIpc) is 3.23. The highest BCUT2D eigenvalue weighted by molar-refractivity contribution is 5.95. The van der Waals surface area contributed by atoms with Crippen LogP contribution in [0.25, 0.3) is 11.3 Å². The van der Waals surface area contributed by atoms with Crippen LogP contribution >= 0.6 is 0 Å². The second-order valence-electron chi connectivity index (χ2n) is 9.53. The molecule has 214 valence electrons. The number of aliphatic hydroxyl groups excluding tert-OH is 1. The average molecular weight is 565 g/mol. The SMILES string of the molecule is COc1cc(C(=O)NC[C@@](O)(c2cc3c(c(-c4ccc(F)cc4)n2)NC[C@@]3(C)N)C(F)(F)F)ccc1OCCO. The number of amides is 1. The summed E-state index contributed by atoms with van der Waals surface area (Å²) in [5.41, 5.74) is 1.74. The van der Waals surface area contributed by atoms with Crippen molar-refractivity contribution in [2.24, 2.45) is 5.73 Å². The van der Waals surface area contributed by atoms with Gasteiger partial charge in [-0.1, -0.05) is 0 Å². The molecule has 0 fully saturated rings. The maximum absolute atomic E-state index is 14.5. The minimum absolute atomic E-state index is 0.0361. The molecule has 0 saturated heterocycles. The first-order valence-corrected chi connectivity index (χ1v) is 12.1. The maximum Gasteiger partial charge on any atom is 0.424 e. The highest BCUT2D eigenvalue weighted by Crippen LogP contribution is 2.45. The number of carbonyl (C=O) groups is 1. The maximum atomic E-state index is 14.5. The Morgan fingerprint density at radius 3 is 2.50 bits per heavy atom. The Morgan fingerprint density at radius 2 is 1.88 bits per heavy atom. The van der Waals surface area contributed by atoms with Crippen molar-refractivity contribution in [2.45, 2.75) is 24.2 Å². The lowest BCUT2D eigenvalue weighted by molar-refractivity contribution is -0.265. The number of aromatic nitrogens is 1. The first-order chi connectivity index (χ1) is 18.8. The summed E-state index contributed by atoms with van der Waals surface area (Å²) in [6, 6.07) is 9.96. The smallest absolute Gasteiger partial charge is 0.424 e. The number of anilines is 1. The molecule has 2 aromatic carbocycles. The van der Waals surface area contributed by atoms with Gasteiger partial charge in [-0.05, 0) is 55.5 Å². The Balaban J connectivity index is 1.71. The Bertz CT molecular complexity index is 1400. The molecular weight excluding hydrogens is 536 g/mol. The fourth-order valence-electron chi connectivity index (χ4n) is 4.30. The second kappa shape index (κ2) is 10.9. The van der Waals surface area contributed by atoms with E-state index in [0.29, 0.717) is 11.3 Å². The molecular formula is C27H28F4N4O5.